The Balaban J connectivity index is 2.94. The first-order valence-corrected chi connectivity index (χ1v) is 4.89. The Kier molecular flexibility index (Phi) is 3.97. The van der Waals surface area contributed by atoms with Gasteiger partial charge in [-0.3, -0.25) is 0 Å². The Morgan fingerprint density at radius 3 is 2.67 bits per heavy atom. The van der Waals surface area contributed by atoms with Crippen LogP contribution >= 0.6 is 0 Å². The summed E-state index contributed by atoms with van der Waals surface area (Å²) in [6.07, 6.45) is 2.97. The highest BCUT2D eigenvalue weighted by Gasteiger charge is 2.15. The summed E-state index contributed by atoms with van der Waals surface area (Å²) >= 11 is 0. The molecule has 0 aliphatic carbocycles. The lowest BCUT2D eigenvalue weighted by Gasteiger charge is -2.13. The average molecular weight is 211 g/mol. The van der Waals surface area contributed by atoms with Crippen LogP contribution in [0.3, 0.4) is 0 Å². The molecular formula is C12H15F2N. The summed E-state index contributed by atoms with van der Waals surface area (Å²) in [4.78, 5) is 0. The predicted octanol–water partition coefficient (Wildman–Crippen LogP) is 3.24. The average Bonchev–Trinajstić information content (AvgIpc) is 2.23. The fourth-order valence-corrected chi connectivity index (χ4v) is 1.40. The van der Waals surface area contributed by atoms with Crippen molar-refractivity contribution in [3.63, 3.8) is 0 Å². The van der Waals surface area contributed by atoms with Crippen molar-refractivity contribution in [1.82, 2.24) is 0 Å². The van der Waals surface area contributed by atoms with Gasteiger partial charge in [-0.1, -0.05) is 18.2 Å². The predicted molar refractivity (Wildman–Crippen MR) is 57.5 cm³/mol. The molecule has 0 aromatic heterocycles. The van der Waals surface area contributed by atoms with E-state index in [1.54, 1.807) is 18.2 Å². The van der Waals surface area contributed by atoms with Crippen molar-refractivity contribution in [2.45, 2.75) is 25.8 Å². The standard InChI is InChI=1S/C12H15F2N/c1-3-4-5-10(15)9-7-6-8(2)11(13)12(9)14/h3,6-7,10H,1,4-5,15H2,2H3/t10-/m1/s1. The molecule has 15 heavy (non-hydrogen) atoms. The van der Waals surface area contributed by atoms with Crippen LogP contribution in [0, 0.1) is 18.6 Å². The molecule has 0 heterocycles. The summed E-state index contributed by atoms with van der Waals surface area (Å²) in [7, 11) is 0. The van der Waals surface area contributed by atoms with Gasteiger partial charge >= 0.3 is 0 Å². The molecule has 0 radical (unpaired) electrons. The molecule has 0 fully saturated rings. The van der Waals surface area contributed by atoms with Gasteiger partial charge < -0.3 is 5.73 Å². The third-order valence-corrected chi connectivity index (χ3v) is 2.39. The molecule has 0 spiro atoms. The Morgan fingerprint density at radius 1 is 1.40 bits per heavy atom. The van der Waals surface area contributed by atoms with E-state index in [-0.39, 0.29) is 5.56 Å². The summed E-state index contributed by atoms with van der Waals surface area (Å²) in [6, 6.07) is 2.61. The quantitative estimate of drug-likeness (QED) is 0.760. The molecule has 1 rings (SSSR count). The van der Waals surface area contributed by atoms with Crippen LogP contribution in [0.4, 0.5) is 8.78 Å². The Morgan fingerprint density at radius 2 is 2.07 bits per heavy atom. The highest BCUT2D eigenvalue weighted by Crippen LogP contribution is 2.23. The van der Waals surface area contributed by atoms with Crippen LogP contribution in [0.2, 0.25) is 0 Å². The van der Waals surface area contributed by atoms with Crippen LogP contribution in [0.25, 0.3) is 0 Å². The second-order valence-corrected chi connectivity index (χ2v) is 3.57. The maximum absolute atomic E-state index is 13.5. The van der Waals surface area contributed by atoms with Gasteiger partial charge in [-0.05, 0) is 25.3 Å². The van der Waals surface area contributed by atoms with Gasteiger partial charge in [0.2, 0.25) is 0 Å². The molecule has 1 atom stereocenters. The summed E-state index contributed by atoms with van der Waals surface area (Å²) in [5, 5.41) is 0. The monoisotopic (exact) mass is 211 g/mol. The molecule has 0 saturated heterocycles. The van der Waals surface area contributed by atoms with E-state index >= 15 is 0 Å². The zero-order valence-electron chi connectivity index (χ0n) is 8.76. The van der Waals surface area contributed by atoms with Gasteiger partial charge in [-0.2, -0.15) is 0 Å². The van der Waals surface area contributed by atoms with Gasteiger partial charge in [0.15, 0.2) is 11.6 Å². The fraction of sp³-hybridized carbons (Fsp3) is 0.333. The maximum atomic E-state index is 13.5. The van der Waals surface area contributed by atoms with Gasteiger partial charge in [0.1, 0.15) is 0 Å². The molecule has 1 nitrogen and oxygen atoms in total. The van der Waals surface area contributed by atoms with E-state index in [2.05, 4.69) is 6.58 Å². The van der Waals surface area contributed by atoms with Crippen LogP contribution in [0.1, 0.15) is 30.0 Å². The van der Waals surface area contributed by atoms with Gasteiger partial charge in [-0.25, -0.2) is 8.78 Å². The van der Waals surface area contributed by atoms with Crippen molar-refractivity contribution in [3.05, 3.63) is 47.5 Å². The van der Waals surface area contributed by atoms with Crippen molar-refractivity contribution >= 4 is 0 Å². The molecule has 2 N–H and O–H groups in total. The topological polar surface area (TPSA) is 26.0 Å². The minimum atomic E-state index is -0.827. The second-order valence-electron chi connectivity index (χ2n) is 3.57. The van der Waals surface area contributed by atoms with Gasteiger partial charge in [0.05, 0.1) is 0 Å². The summed E-state index contributed by atoms with van der Waals surface area (Å²) in [6.45, 7) is 5.08. The Labute approximate surface area is 88.6 Å². The number of allylic oxidation sites excluding steroid dienone is 1. The summed E-state index contributed by atoms with van der Waals surface area (Å²) in [5.74, 6) is -1.63. The minimum Gasteiger partial charge on any atom is -0.324 e. The maximum Gasteiger partial charge on any atom is 0.163 e. The highest BCUT2D eigenvalue weighted by atomic mass is 19.2. The number of rotatable bonds is 4. The molecule has 0 aliphatic rings. The van der Waals surface area contributed by atoms with Crippen molar-refractivity contribution in [2.24, 2.45) is 5.73 Å². The summed E-state index contributed by atoms with van der Waals surface area (Å²) in [5.41, 5.74) is 6.28. The molecule has 0 saturated carbocycles. The molecule has 1 aromatic carbocycles. The van der Waals surface area contributed by atoms with Crippen molar-refractivity contribution < 1.29 is 8.78 Å². The van der Waals surface area contributed by atoms with Crippen molar-refractivity contribution in [1.29, 1.82) is 0 Å². The van der Waals surface area contributed by atoms with Crippen molar-refractivity contribution in [3.8, 4) is 0 Å². The lowest BCUT2D eigenvalue weighted by atomic mass is 10.0. The largest absolute Gasteiger partial charge is 0.324 e. The third kappa shape index (κ3) is 2.63. The first kappa shape index (κ1) is 11.9. The molecular weight excluding hydrogens is 196 g/mol. The first-order valence-electron chi connectivity index (χ1n) is 4.89. The lowest BCUT2D eigenvalue weighted by Crippen LogP contribution is -2.13. The molecule has 82 valence electrons. The number of hydrogen-bond acceptors (Lipinski definition) is 1. The van der Waals surface area contributed by atoms with E-state index in [0.29, 0.717) is 18.4 Å². The number of halogens is 2. The number of benzene rings is 1. The van der Waals surface area contributed by atoms with E-state index in [1.807, 2.05) is 0 Å². The van der Waals surface area contributed by atoms with E-state index in [0.717, 1.165) is 0 Å². The number of hydrogen-bond donors (Lipinski definition) is 1. The van der Waals surface area contributed by atoms with E-state index < -0.39 is 17.7 Å². The zero-order valence-corrected chi connectivity index (χ0v) is 8.76. The summed E-state index contributed by atoms with van der Waals surface area (Å²) < 4.78 is 26.7. The van der Waals surface area contributed by atoms with Gasteiger partial charge in [0.25, 0.3) is 0 Å². The smallest absolute Gasteiger partial charge is 0.163 e. The fourth-order valence-electron chi connectivity index (χ4n) is 1.40. The molecule has 0 amide bonds. The molecule has 0 unspecified atom stereocenters. The van der Waals surface area contributed by atoms with Gasteiger partial charge in [0, 0.05) is 11.6 Å². The third-order valence-electron chi connectivity index (χ3n) is 2.39. The second kappa shape index (κ2) is 5.03. The number of nitrogens with two attached hydrogens (primary N) is 1. The molecule has 1 aromatic rings. The Hall–Kier alpha value is -1.22. The van der Waals surface area contributed by atoms with Crippen LogP contribution in [0.5, 0.6) is 0 Å². The zero-order chi connectivity index (χ0) is 11.4. The van der Waals surface area contributed by atoms with E-state index in [1.165, 1.54) is 6.92 Å². The van der Waals surface area contributed by atoms with Gasteiger partial charge in [-0.15, -0.1) is 6.58 Å². The lowest BCUT2D eigenvalue weighted by molar-refractivity contribution is 0.479. The van der Waals surface area contributed by atoms with Crippen LogP contribution in [-0.2, 0) is 0 Å². The van der Waals surface area contributed by atoms with Crippen LogP contribution < -0.4 is 5.73 Å². The molecule has 0 bridgehead atoms. The van der Waals surface area contributed by atoms with Crippen LogP contribution in [-0.4, -0.2) is 0 Å². The minimum absolute atomic E-state index is 0.236. The first-order chi connectivity index (χ1) is 7.07. The Bertz CT molecular complexity index is 361. The normalized spacial score (nSPS) is 12.5. The van der Waals surface area contributed by atoms with Crippen molar-refractivity contribution in [2.75, 3.05) is 0 Å². The highest BCUT2D eigenvalue weighted by molar-refractivity contribution is 5.27. The van der Waals surface area contributed by atoms with Crippen LogP contribution in [0.15, 0.2) is 24.8 Å². The number of aryl methyl sites for hydroxylation is 1. The van der Waals surface area contributed by atoms with E-state index in [4.69, 9.17) is 5.73 Å². The SMILES string of the molecule is C=CCC[C@@H](N)c1ccc(C)c(F)c1F. The van der Waals surface area contributed by atoms with E-state index in [9.17, 15) is 8.78 Å². The molecule has 3 heteroatoms. The molecule has 0 aliphatic heterocycles.